The van der Waals surface area contributed by atoms with Gasteiger partial charge in [-0.1, -0.05) is 51.1 Å². The number of carbonyl (C=O) groups excluding carboxylic acids is 2. The number of carbonyl (C=O) groups is 2. The van der Waals surface area contributed by atoms with Gasteiger partial charge >= 0.3 is 0 Å². The molecule has 2 rings (SSSR count). The standard InChI is InChI=1S/C15H18Br2N2O2/c16-11-6-10(7-12(17)8-11)15(21)19-13(14(18)20)9-4-2-1-3-5-9/h6-9,13H,1-5H2,(H2,18,20)(H,19,21)/t13-/m1/s1. The zero-order chi connectivity index (χ0) is 15.4. The van der Waals surface area contributed by atoms with Crippen molar-refractivity contribution < 1.29 is 9.59 Å². The van der Waals surface area contributed by atoms with Crippen molar-refractivity contribution in [3.63, 3.8) is 0 Å². The molecular weight excluding hydrogens is 400 g/mol. The molecule has 114 valence electrons. The maximum atomic E-state index is 12.3. The molecule has 2 amide bonds. The lowest BCUT2D eigenvalue weighted by atomic mass is 9.83. The van der Waals surface area contributed by atoms with E-state index in [4.69, 9.17) is 5.73 Å². The molecule has 0 heterocycles. The molecule has 1 fully saturated rings. The Morgan fingerprint density at radius 1 is 1.10 bits per heavy atom. The molecule has 0 spiro atoms. The summed E-state index contributed by atoms with van der Waals surface area (Å²) in [5, 5.41) is 2.80. The predicted octanol–water partition coefficient (Wildman–Crippen LogP) is 3.38. The normalized spacial score (nSPS) is 17.2. The molecule has 0 saturated heterocycles. The van der Waals surface area contributed by atoms with Crippen LogP contribution in [0.25, 0.3) is 0 Å². The van der Waals surface area contributed by atoms with Crippen LogP contribution in [0.5, 0.6) is 0 Å². The SMILES string of the molecule is NC(=O)[C@H](NC(=O)c1cc(Br)cc(Br)c1)C1CCCCC1. The van der Waals surface area contributed by atoms with E-state index in [2.05, 4.69) is 37.2 Å². The number of hydrogen-bond acceptors (Lipinski definition) is 2. The minimum absolute atomic E-state index is 0.149. The van der Waals surface area contributed by atoms with Crippen molar-refractivity contribution in [1.29, 1.82) is 0 Å². The van der Waals surface area contributed by atoms with Gasteiger partial charge in [0.25, 0.3) is 5.91 Å². The third-order valence-corrected chi connectivity index (χ3v) is 4.75. The molecule has 1 aromatic carbocycles. The first-order chi connectivity index (χ1) is 9.97. The molecule has 0 radical (unpaired) electrons. The van der Waals surface area contributed by atoms with Gasteiger partial charge in [0.15, 0.2) is 0 Å². The minimum atomic E-state index is -0.587. The summed E-state index contributed by atoms with van der Waals surface area (Å²) in [6, 6.07) is 4.71. The third-order valence-electron chi connectivity index (χ3n) is 3.84. The highest BCUT2D eigenvalue weighted by molar-refractivity contribution is 9.11. The maximum Gasteiger partial charge on any atom is 0.252 e. The molecule has 1 atom stereocenters. The molecule has 1 aromatic rings. The van der Waals surface area contributed by atoms with Crippen LogP contribution in [0.15, 0.2) is 27.1 Å². The second-order valence-corrected chi connectivity index (χ2v) is 7.24. The Morgan fingerprint density at radius 2 is 1.67 bits per heavy atom. The van der Waals surface area contributed by atoms with Crippen LogP contribution >= 0.6 is 31.9 Å². The summed E-state index contributed by atoms with van der Waals surface area (Å²) < 4.78 is 1.60. The van der Waals surface area contributed by atoms with Crippen molar-refractivity contribution in [2.45, 2.75) is 38.1 Å². The van der Waals surface area contributed by atoms with Crippen LogP contribution in [0.1, 0.15) is 42.5 Å². The van der Waals surface area contributed by atoms with Gasteiger partial charge in [0.1, 0.15) is 6.04 Å². The van der Waals surface area contributed by atoms with Crippen LogP contribution in [0.2, 0.25) is 0 Å². The quantitative estimate of drug-likeness (QED) is 0.788. The monoisotopic (exact) mass is 416 g/mol. The molecule has 0 aliphatic heterocycles. The Kier molecular flexibility index (Phi) is 5.81. The Labute approximate surface area is 141 Å². The van der Waals surface area contributed by atoms with Crippen LogP contribution in [-0.2, 0) is 4.79 Å². The molecule has 6 heteroatoms. The first kappa shape index (κ1) is 16.5. The van der Waals surface area contributed by atoms with Crippen molar-refractivity contribution >= 4 is 43.7 Å². The topological polar surface area (TPSA) is 72.2 Å². The highest BCUT2D eigenvalue weighted by Gasteiger charge is 2.29. The number of benzene rings is 1. The van der Waals surface area contributed by atoms with E-state index in [1.165, 1.54) is 6.42 Å². The fraction of sp³-hybridized carbons (Fsp3) is 0.467. The van der Waals surface area contributed by atoms with E-state index in [9.17, 15) is 9.59 Å². The maximum absolute atomic E-state index is 12.3. The van der Waals surface area contributed by atoms with Crippen molar-refractivity contribution in [1.82, 2.24) is 5.32 Å². The molecule has 1 aliphatic carbocycles. The molecule has 21 heavy (non-hydrogen) atoms. The third kappa shape index (κ3) is 4.54. The second-order valence-electron chi connectivity index (χ2n) is 5.41. The summed E-state index contributed by atoms with van der Waals surface area (Å²) in [7, 11) is 0. The number of hydrogen-bond donors (Lipinski definition) is 2. The van der Waals surface area contributed by atoms with Gasteiger partial charge < -0.3 is 11.1 Å². The van der Waals surface area contributed by atoms with E-state index in [1.807, 2.05) is 6.07 Å². The highest BCUT2D eigenvalue weighted by Crippen LogP contribution is 2.27. The second kappa shape index (κ2) is 7.40. The van der Waals surface area contributed by atoms with Crippen molar-refractivity contribution in [2.24, 2.45) is 11.7 Å². The Morgan fingerprint density at radius 3 is 2.19 bits per heavy atom. The average Bonchev–Trinajstić information content (AvgIpc) is 2.44. The van der Waals surface area contributed by atoms with E-state index < -0.39 is 11.9 Å². The molecule has 1 saturated carbocycles. The molecule has 0 aromatic heterocycles. The Hall–Kier alpha value is -0.880. The number of nitrogens with two attached hydrogens (primary N) is 1. The summed E-state index contributed by atoms with van der Waals surface area (Å²) in [4.78, 5) is 24.0. The summed E-state index contributed by atoms with van der Waals surface area (Å²) in [5.74, 6) is -0.577. The van der Waals surface area contributed by atoms with Crippen LogP contribution in [-0.4, -0.2) is 17.9 Å². The van der Waals surface area contributed by atoms with Crippen LogP contribution < -0.4 is 11.1 Å². The Bertz CT molecular complexity index is 522. The molecular formula is C15H18Br2N2O2. The van der Waals surface area contributed by atoms with Crippen molar-refractivity contribution in [3.05, 3.63) is 32.7 Å². The fourth-order valence-electron chi connectivity index (χ4n) is 2.80. The fourth-order valence-corrected chi connectivity index (χ4v) is 4.09. The van der Waals surface area contributed by atoms with Crippen LogP contribution in [0.4, 0.5) is 0 Å². The van der Waals surface area contributed by atoms with E-state index in [0.717, 1.165) is 34.6 Å². The molecule has 3 N–H and O–H groups in total. The number of halogens is 2. The first-order valence-corrected chi connectivity index (χ1v) is 8.62. The zero-order valence-electron chi connectivity index (χ0n) is 11.6. The van der Waals surface area contributed by atoms with Gasteiger partial charge in [0.2, 0.25) is 5.91 Å². The zero-order valence-corrected chi connectivity index (χ0v) is 14.7. The smallest absolute Gasteiger partial charge is 0.252 e. The van der Waals surface area contributed by atoms with E-state index in [-0.39, 0.29) is 11.8 Å². The highest BCUT2D eigenvalue weighted by atomic mass is 79.9. The van der Waals surface area contributed by atoms with Crippen molar-refractivity contribution in [2.75, 3.05) is 0 Å². The molecule has 4 nitrogen and oxygen atoms in total. The number of rotatable bonds is 4. The lowest BCUT2D eigenvalue weighted by molar-refractivity contribution is -0.121. The van der Waals surface area contributed by atoms with Gasteiger partial charge in [-0.3, -0.25) is 9.59 Å². The minimum Gasteiger partial charge on any atom is -0.368 e. The predicted molar refractivity (Wildman–Crippen MR) is 88.9 cm³/mol. The average molecular weight is 418 g/mol. The van der Waals surface area contributed by atoms with E-state index in [1.54, 1.807) is 12.1 Å². The molecule has 1 aliphatic rings. The lowest BCUT2D eigenvalue weighted by Gasteiger charge is -2.28. The largest absolute Gasteiger partial charge is 0.368 e. The number of amides is 2. The van der Waals surface area contributed by atoms with Crippen molar-refractivity contribution in [3.8, 4) is 0 Å². The van der Waals surface area contributed by atoms with Gasteiger partial charge in [-0.15, -0.1) is 0 Å². The summed E-state index contributed by atoms with van der Waals surface area (Å²) >= 11 is 6.70. The van der Waals surface area contributed by atoms with Crippen LogP contribution in [0, 0.1) is 5.92 Å². The lowest BCUT2D eigenvalue weighted by Crippen LogP contribution is -2.49. The number of nitrogens with one attached hydrogen (secondary N) is 1. The molecule has 0 bridgehead atoms. The van der Waals surface area contributed by atoms with Gasteiger partial charge in [0.05, 0.1) is 0 Å². The molecule has 0 unspecified atom stereocenters. The summed E-state index contributed by atoms with van der Waals surface area (Å²) in [5.41, 5.74) is 5.98. The van der Waals surface area contributed by atoms with E-state index >= 15 is 0 Å². The summed E-state index contributed by atoms with van der Waals surface area (Å²) in [6.07, 6.45) is 5.25. The summed E-state index contributed by atoms with van der Waals surface area (Å²) in [6.45, 7) is 0. The number of primary amides is 1. The van der Waals surface area contributed by atoms with E-state index in [0.29, 0.717) is 5.56 Å². The van der Waals surface area contributed by atoms with Gasteiger partial charge in [-0.05, 0) is 37.0 Å². The van der Waals surface area contributed by atoms with Gasteiger partial charge in [-0.25, -0.2) is 0 Å². The Balaban J connectivity index is 2.12. The van der Waals surface area contributed by atoms with Gasteiger partial charge in [-0.2, -0.15) is 0 Å². The van der Waals surface area contributed by atoms with Crippen LogP contribution in [0.3, 0.4) is 0 Å². The first-order valence-electron chi connectivity index (χ1n) is 7.03. The van der Waals surface area contributed by atoms with Gasteiger partial charge in [0, 0.05) is 14.5 Å².